The molecule has 0 aliphatic carbocycles. The van der Waals surface area contributed by atoms with Crippen molar-refractivity contribution < 1.29 is 9.26 Å². The van der Waals surface area contributed by atoms with E-state index in [1.165, 1.54) is 0 Å². The van der Waals surface area contributed by atoms with E-state index in [9.17, 15) is 0 Å². The predicted molar refractivity (Wildman–Crippen MR) is 70.2 cm³/mol. The van der Waals surface area contributed by atoms with Crippen molar-refractivity contribution in [3.63, 3.8) is 0 Å². The largest absolute Gasteiger partial charge is 0.488 e. The standard InChI is InChI=1S/C14H18N2O2/c1-14(2,3)17-12-6-4-10(5-7-12)13-8-11(9-15)16-18-13/h4-8H,9,15H2,1-3H3. The Morgan fingerprint density at radius 3 is 2.39 bits per heavy atom. The van der Waals surface area contributed by atoms with E-state index in [0.29, 0.717) is 6.54 Å². The number of hydrogen-bond donors (Lipinski definition) is 1. The van der Waals surface area contributed by atoms with E-state index >= 15 is 0 Å². The second kappa shape index (κ2) is 4.82. The van der Waals surface area contributed by atoms with Gasteiger partial charge >= 0.3 is 0 Å². The number of aromatic nitrogens is 1. The van der Waals surface area contributed by atoms with E-state index in [1.807, 2.05) is 51.1 Å². The maximum Gasteiger partial charge on any atom is 0.167 e. The first-order chi connectivity index (χ1) is 8.48. The average molecular weight is 246 g/mol. The van der Waals surface area contributed by atoms with Gasteiger partial charge in [-0.25, -0.2) is 0 Å². The first-order valence-corrected chi connectivity index (χ1v) is 5.93. The van der Waals surface area contributed by atoms with E-state index in [0.717, 1.165) is 22.8 Å². The van der Waals surface area contributed by atoms with Crippen molar-refractivity contribution in [2.75, 3.05) is 0 Å². The van der Waals surface area contributed by atoms with E-state index in [1.54, 1.807) is 0 Å². The molecule has 1 heterocycles. The molecule has 0 unspecified atom stereocenters. The Balaban J connectivity index is 2.17. The van der Waals surface area contributed by atoms with Crippen molar-refractivity contribution in [3.05, 3.63) is 36.0 Å². The van der Waals surface area contributed by atoms with Crippen LogP contribution in [0.4, 0.5) is 0 Å². The van der Waals surface area contributed by atoms with E-state index in [4.69, 9.17) is 15.0 Å². The van der Waals surface area contributed by atoms with Crippen molar-refractivity contribution in [2.24, 2.45) is 5.73 Å². The molecule has 0 radical (unpaired) electrons. The number of nitrogens with two attached hydrogens (primary N) is 1. The maximum absolute atomic E-state index is 5.75. The quantitative estimate of drug-likeness (QED) is 0.904. The minimum absolute atomic E-state index is 0.194. The molecular formula is C14H18N2O2. The minimum Gasteiger partial charge on any atom is -0.488 e. The zero-order chi connectivity index (χ0) is 13.2. The first-order valence-electron chi connectivity index (χ1n) is 5.93. The third-order valence-corrected chi connectivity index (χ3v) is 2.33. The normalized spacial score (nSPS) is 11.6. The van der Waals surface area contributed by atoms with Crippen LogP contribution in [0, 0.1) is 0 Å². The van der Waals surface area contributed by atoms with Crippen LogP contribution in [0.25, 0.3) is 11.3 Å². The molecule has 0 bridgehead atoms. The molecule has 18 heavy (non-hydrogen) atoms. The lowest BCUT2D eigenvalue weighted by molar-refractivity contribution is 0.131. The fraction of sp³-hybridized carbons (Fsp3) is 0.357. The molecule has 2 aromatic rings. The summed E-state index contributed by atoms with van der Waals surface area (Å²) >= 11 is 0. The van der Waals surface area contributed by atoms with Gasteiger partial charge in [0.1, 0.15) is 11.4 Å². The average Bonchev–Trinajstić information content (AvgIpc) is 2.76. The lowest BCUT2D eigenvalue weighted by Crippen LogP contribution is -2.22. The summed E-state index contributed by atoms with van der Waals surface area (Å²) in [5.41, 5.74) is 7.01. The molecule has 0 aliphatic heterocycles. The fourth-order valence-corrected chi connectivity index (χ4v) is 1.58. The molecule has 4 heteroatoms. The Morgan fingerprint density at radius 1 is 1.22 bits per heavy atom. The van der Waals surface area contributed by atoms with Crippen LogP contribution in [0.15, 0.2) is 34.9 Å². The van der Waals surface area contributed by atoms with Crippen LogP contribution >= 0.6 is 0 Å². The molecule has 0 fully saturated rings. The molecule has 1 aromatic carbocycles. The zero-order valence-corrected chi connectivity index (χ0v) is 10.9. The predicted octanol–water partition coefficient (Wildman–Crippen LogP) is 2.98. The molecule has 96 valence electrons. The van der Waals surface area contributed by atoms with Gasteiger partial charge in [-0.1, -0.05) is 5.16 Å². The van der Waals surface area contributed by atoms with Gasteiger partial charge in [0.05, 0.1) is 5.69 Å². The third-order valence-electron chi connectivity index (χ3n) is 2.33. The van der Waals surface area contributed by atoms with Gasteiger partial charge in [0.15, 0.2) is 5.76 Å². The summed E-state index contributed by atoms with van der Waals surface area (Å²) in [5.74, 6) is 1.56. The van der Waals surface area contributed by atoms with Gasteiger partial charge < -0.3 is 15.0 Å². The van der Waals surface area contributed by atoms with Crippen LogP contribution in [-0.2, 0) is 6.54 Å². The molecule has 0 spiro atoms. The summed E-state index contributed by atoms with van der Waals surface area (Å²) in [6, 6.07) is 9.58. The third kappa shape index (κ3) is 3.11. The van der Waals surface area contributed by atoms with Gasteiger partial charge in [-0.15, -0.1) is 0 Å². The smallest absolute Gasteiger partial charge is 0.167 e. The Labute approximate surface area is 107 Å². The highest BCUT2D eigenvalue weighted by molar-refractivity contribution is 5.58. The highest BCUT2D eigenvalue weighted by atomic mass is 16.5. The van der Waals surface area contributed by atoms with Crippen LogP contribution in [0.2, 0.25) is 0 Å². The van der Waals surface area contributed by atoms with E-state index in [2.05, 4.69) is 5.16 Å². The Kier molecular flexibility index (Phi) is 3.39. The van der Waals surface area contributed by atoms with Crippen molar-refractivity contribution in [2.45, 2.75) is 32.9 Å². The number of rotatable bonds is 3. The first kappa shape index (κ1) is 12.6. The summed E-state index contributed by atoms with van der Waals surface area (Å²) in [7, 11) is 0. The monoisotopic (exact) mass is 246 g/mol. The summed E-state index contributed by atoms with van der Waals surface area (Å²) in [5, 5.41) is 3.86. The molecule has 0 aliphatic rings. The number of benzene rings is 1. The molecule has 0 atom stereocenters. The number of nitrogens with zero attached hydrogens (tertiary/aromatic N) is 1. The lowest BCUT2D eigenvalue weighted by atomic mass is 10.1. The minimum atomic E-state index is -0.194. The van der Waals surface area contributed by atoms with Gasteiger partial charge in [0.2, 0.25) is 0 Å². The molecule has 1 aromatic heterocycles. The second-order valence-corrected chi connectivity index (χ2v) is 5.13. The summed E-state index contributed by atoms with van der Waals surface area (Å²) in [6.45, 7) is 6.44. The van der Waals surface area contributed by atoms with E-state index in [-0.39, 0.29) is 5.60 Å². The van der Waals surface area contributed by atoms with Gasteiger partial charge in [-0.3, -0.25) is 0 Å². The van der Waals surface area contributed by atoms with Gasteiger partial charge in [-0.2, -0.15) is 0 Å². The number of ether oxygens (including phenoxy) is 1. The van der Waals surface area contributed by atoms with Crippen LogP contribution < -0.4 is 10.5 Å². The molecule has 2 rings (SSSR count). The molecule has 0 saturated heterocycles. The maximum atomic E-state index is 5.75. The van der Waals surface area contributed by atoms with E-state index < -0.39 is 0 Å². The van der Waals surface area contributed by atoms with Crippen LogP contribution in [0.3, 0.4) is 0 Å². The van der Waals surface area contributed by atoms with Crippen molar-refractivity contribution in [1.29, 1.82) is 0 Å². The summed E-state index contributed by atoms with van der Waals surface area (Å²) in [6.07, 6.45) is 0. The fourth-order valence-electron chi connectivity index (χ4n) is 1.58. The van der Waals surface area contributed by atoms with Crippen LogP contribution in [0.1, 0.15) is 26.5 Å². The van der Waals surface area contributed by atoms with Gasteiger partial charge in [0, 0.05) is 18.2 Å². The Hall–Kier alpha value is -1.81. The summed E-state index contributed by atoms with van der Waals surface area (Å²) < 4.78 is 11.0. The molecule has 2 N–H and O–H groups in total. The highest BCUT2D eigenvalue weighted by Gasteiger charge is 2.12. The molecule has 4 nitrogen and oxygen atoms in total. The molecule has 0 amide bonds. The molecule has 0 saturated carbocycles. The van der Waals surface area contributed by atoms with Crippen LogP contribution in [0.5, 0.6) is 5.75 Å². The lowest BCUT2D eigenvalue weighted by Gasteiger charge is -2.21. The molecular weight excluding hydrogens is 228 g/mol. The summed E-state index contributed by atoms with van der Waals surface area (Å²) in [4.78, 5) is 0. The Bertz CT molecular complexity index is 509. The number of hydrogen-bond acceptors (Lipinski definition) is 4. The van der Waals surface area contributed by atoms with Gasteiger partial charge in [-0.05, 0) is 45.0 Å². The topological polar surface area (TPSA) is 61.3 Å². The Morgan fingerprint density at radius 2 is 1.89 bits per heavy atom. The van der Waals surface area contributed by atoms with Crippen LogP contribution in [-0.4, -0.2) is 10.8 Å². The van der Waals surface area contributed by atoms with Crippen molar-refractivity contribution >= 4 is 0 Å². The zero-order valence-electron chi connectivity index (χ0n) is 10.9. The van der Waals surface area contributed by atoms with Gasteiger partial charge in [0.25, 0.3) is 0 Å². The van der Waals surface area contributed by atoms with Crippen molar-refractivity contribution in [1.82, 2.24) is 5.16 Å². The highest BCUT2D eigenvalue weighted by Crippen LogP contribution is 2.24. The SMILES string of the molecule is CC(C)(C)Oc1ccc(-c2cc(CN)no2)cc1. The van der Waals surface area contributed by atoms with Crippen molar-refractivity contribution in [3.8, 4) is 17.1 Å². The second-order valence-electron chi connectivity index (χ2n) is 5.13.